The third kappa shape index (κ3) is 8.41. The van der Waals surface area contributed by atoms with E-state index in [1.54, 1.807) is 17.0 Å². The number of carbonyl (C=O) groups is 2. The molecule has 0 bridgehead atoms. The van der Waals surface area contributed by atoms with Crippen LogP contribution in [0.1, 0.15) is 30.5 Å². The number of amides is 2. The minimum absolute atomic E-state index is 0.0712. The molecule has 1 N–H and O–H groups in total. The van der Waals surface area contributed by atoms with Crippen molar-refractivity contribution in [3.63, 3.8) is 0 Å². The van der Waals surface area contributed by atoms with Gasteiger partial charge in [0, 0.05) is 29.8 Å². The summed E-state index contributed by atoms with van der Waals surface area (Å²) >= 11 is 7.71. The number of nitrogens with one attached hydrogen (secondary N) is 1. The SMILES string of the molecule is CC(C)NC(=O)[C@H](Cc1ccccc1)N(Cc1ccc(F)cc1)C(=O)CSCc1ccccc1Cl. The van der Waals surface area contributed by atoms with Crippen LogP contribution in [-0.4, -0.2) is 34.6 Å². The second-order valence-corrected chi connectivity index (χ2v) is 9.99. The van der Waals surface area contributed by atoms with Gasteiger partial charge in [0.25, 0.3) is 0 Å². The monoisotopic (exact) mass is 512 g/mol. The van der Waals surface area contributed by atoms with Crippen molar-refractivity contribution in [3.05, 3.63) is 106 Å². The van der Waals surface area contributed by atoms with Crippen LogP contribution >= 0.6 is 23.4 Å². The summed E-state index contributed by atoms with van der Waals surface area (Å²) < 4.78 is 13.5. The van der Waals surface area contributed by atoms with E-state index >= 15 is 0 Å². The fourth-order valence-corrected chi connectivity index (χ4v) is 4.86. The average molecular weight is 513 g/mol. The van der Waals surface area contributed by atoms with Crippen LogP contribution in [0.4, 0.5) is 4.39 Å². The van der Waals surface area contributed by atoms with E-state index < -0.39 is 6.04 Å². The summed E-state index contributed by atoms with van der Waals surface area (Å²) in [4.78, 5) is 28.4. The molecule has 0 aliphatic heterocycles. The fraction of sp³-hybridized carbons (Fsp3) is 0.286. The molecule has 3 rings (SSSR count). The summed E-state index contributed by atoms with van der Waals surface area (Å²) in [5.41, 5.74) is 2.67. The first kappa shape index (κ1) is 26.8. The molecule has 2 amide bonds. The Morgan fingerprint density at radius 3 is 2.26 bits per heavy atom. The van der Waals surface area contributed by atoms with Crippen LogP contribution < -0.4 is 5.32 Å². The van der Waals surface area contributed by atoms with Gasteiger partial charge in [0.05, 0.1) is 5.75 Å². The van der Waals surface area contributed by atoms with E-state index in [4.69, 9.17) is 11.6 Å². The van der Waals surface area contributed by atoms with Gasteiger partial charge < -0.3 is 10.2 Å². The first-order valence-corrected chi connectivity index (χ1v) is 13.1. The smallest absolute Gasteiger partial charge is 0.243 e. The molecule has 0 heterocycles. The van der Waals surface area contributed by atoms with E-state index in [1.807, 2.05) is 68.4 Å². The predicted molar refractivity (Wildman–Crippen MR) is 142 cm³/mol. The van der Waals surface area contributed by atoms with E-state index in [2.05, 4.69) is 5.32 Å². The second kappa shape index (κ2) is 13.3. The molecule has 184 valence electrons. The number of carbonyl (C=O) groups excluding carboxylic acids is 2. The highest BCUT2D eigenvalue weighted by Gasteiger charge is 2.30. The van der Waals surface area contributed by atoms with Crippen LogP contribution in [0, 0.1) is 5.82 Å². The van der Waals surface area contributed by atoms with Crippen LogP contribution in [0.3, 0.4) is 0 Å². The van der Waals surface area contributed by atoms with Gasteiger partial charge in [-0.3, -0.25) is 9.59 Å². The summed E-state index contributed by atoms with van der Waals surface area (Å²) in [6.07, 6.45) is 0.376. The van der Waals surface area contributed by atoms with Crippen LogP contribution in [0.2, 0.25) is 5.02 Å². The van der Waals surface area contributed by atoms with Crippen molar-refractivity contribution in [1.82, 2.24) is 10.2 Å². The van der Waals surface area contributed by atoms with Crippen LogP contribution in [-0.2, 0) is 28.3 Å². The topological polar surface area (TPSA) is 49.4 Å². The van der Waals surface area contributed by atoms with E-state index in [0.717, 1.165) is 16.7 Å². The summed E-state index contributed by atoms with van der Waals surface area (Å²) in [5.74, 6) is 0.0474. The summed E-state index contributed by atoms with van der Waals surface area (Å²) in [6, 6.07) is 22.4. The molecule has 4 nitrogen and oxygen atoms in total. The number of hydrogen-bond acceptors (Lipinski definition) is 3. The lowest BCUT2D eigenvalue weighted by molar-refractivity contribution is -0.139. The Labute approximate surface area is 215 Å². The van der Waals surface area contributed by atoms with E-state index in [0.29, 0.717) is 17.2 Å². The molecule has 0 saturated heterocycles. The zero-order chi connectivity index (χ0) is 25.2. The highest BCUT2D eigenvalue weighted by molar-refractivity contribution is 7.99. The van der Waals surface area contributed by atoms with Crippen molar-refractivity contribution in [3.8, 4) is 0 Å². The molecule has 3 aromatic rings. The maximum Gasteiger partial charge on any atom is 0.243 e. The standard InChI is InChI=1S/C28H30ClFN2O2S/c1-20(2)31-28(34)26(16-21-8-4-3-5-9-21)32(17-22-12-14-24(30)15-13-22)27(33)19-35-18-23-10-6-7-11-25(23)29/h3-15,20,26H,16-19H2,1-2H3,(H,31,34)/t26-/m0/s1. The van der Waals surface area contributed by atoms with Gasteiger partial charge in [-0.1, -0.05) is 72.3 Å². The predicted octanol–water partition coefficient (Wildman–Crippen LogP) is 5.88. The van der Waals surface area contributed by atoms with Crippen molar-refractivity contribution in [1.29, 1.82) is 0 Å². The van der Waals surface area contributed by atoms with Crippen molar-refractivity contribution in [2.75, 3.05) is 5.75 Å². The van der Waals surface area contributed by atoms with Gasteiger partial charge in [0.1, 0.15) is 11.9 Å². The minimum atomic E-state index is -0.710. The number of benzene rings is 3. The molecule has 35 heavy (non-hydrogen) atoms. The maximum absolute atomic E-state index is 13.5. The molecule has 3 aromatic carbocycles. The second-order valence-electron chi connectivity index (χ2n) is 8.60. The molecule has 0 fully saturated rings. The van der Waals surface area contributed by atoms with Gasteiger partial charge in [-0.05, 0) is 48.7 Å². The van der Waals surface area contributed by atoms with E-state index in [1.165, 1.54) is 23.9 Å². The van der Waals surface area contributed by atoms with E-state index in [-0.39, 0.29) is 36.0 Å². The Morgan fingerprint density at radius 2 is 1.60 bits per heavy atom. The molecule has 0 aromatic heterocycles. The molecular weight excluding hydrogens is 483 g/mol. The Morgan fingerprint density at radius 1 is 0.943 bits per heavy atom. The molecule has 0 unspecified atom stereocenters. The maximum atomic E-state index is 13.5. The molecule has 0 aliphatic carbocycles. The zero-order valence-electron chi connectivity index (χ0n) is 19.9. The molecule has 7 heteroatoms. The largest absolute Gasteiger partial charge is 0.352 e. The Hall–Kier alpha value is -2.83. The average Bonchev–Trinajstić information content (AvgIpc) is 2.84. The number of rotatable bonds is 11. The van der Waals surface area contributed by atoms with Crippen molar-refractivity contribution < 1.29 is 14.0 Å². The Balaban J connectivity index is 1.84. The number of thioether (sulfide) groups is 1. The molecule has 0 aliphatic rings. The third-order valence-corrected chi connectivity index (χ3v) is 6.74. The first-order valence-electron chi connectivity index (χ1n) is 11.5. The van der Waals surface area contributed by atoms with Crippen molar-refractivity contribution in [2.45, 2.75) is 44.6 Å². The Bertz CT molecular complexity index is 1110. The number of nitrogens with zero attached hydrogens (tertiary/aromatic N) is 1. The lowest BCUT2D eigenvalue weighted by Crippen LogP contribution is -2.52. The minimum Gasteiger partial charge on any atom is -0.352 e. The fourth-order valence-electron chi connectivity index (χ4n) is 3.67. The summed E-state index contributed by atoms with van der Waals surface area (Å²) in [7, 11) is 0. The zero-order valence-corrected chi connectivity index (χ0v) is 21.5. The summed E-state index contributed by atoms with van der Waals surface area (Å²) in [5, 5.41) is 3.63. The summed E-state index contributed by atoms with van der Waals surface area (Å²) in [6.45, 7) is 3.99. The van der Waals surface area contributed by atoms with Gasteiger partial charge in [-0.25, -0.2) is 4.39 Å². The van der Waals surface area contributed by atoms with Gasteiger partial charge in [0.15, 0.2) is 0 Å². The van der Waals surface area contributed by atoms with E-state index in [9.17, 15) is 14.0 Å². The third-order valence-electron chi connectivity index (χ3n) is 5.41. The Kier molecular flexibility index (Phi) is 10.2. The normalized spacial score (nSPS) is 11.8. The van der Waals surface area contributed by atoms with Gasteiger partial charge in [0.2, 0.25) is 11.8 Å². The highest BCUT2D eigenvalue weighted by Crippen LogP contribution is 2.22. The quantitative estimate of drug-likeness (QED) is 0.349. The molecular formula is C28H30ClFN2O2S. The van der Waals surface area contributed by atoms with Crippen LogP contribution in [0.25, 0.3) is 0 Å². The van der Waals surface area contributed by atoms with Crippen molar-refractivity contribution in [2.24, 2.45) is 0 Å². The van der Waals surface area contributed by atoms with Gasteiger partial charge in [-0.15, -0.1) is 11.8 Å². The first-order chi connectivity index (χ1) is 16.8. The highest BCUT2D eigenvalue weighted by atomic mass is 35.5. The number of halogens is 2. The number of hydrogen-bond donors (Lipinski definition) is 1. The molecule has 1 atom stereocenters. The molecule has 0 spiro atoms. The lowest BCUT2D eigenvalue weighted by atomic mass is 10.0. The van der Waals surface area contributed by atoms with Crippen molar-refractivity contribution >= 4 is 35.2 Å². The van der Waals surface area contributed by atoms with Gasteiger partial charge >= 0.3 is 0 Å². The molecule has 0 saturated carbocycles. The van der Waals surface area contributed by atoms with Gasteiger partial charge in [-0.2, -0.15) is 0 Å². The van der Waals surface area contributed by atoms with Crippen LogP contribution in [0.5, 0.6) is 0 Å². The molecule has 0 radical (unpaired) electrons. The lowest BCUT2D eigenvalue weighted by Gasteiger charge is -2.32. The van der Waals surface area contributed by atoms with Crippen LogP contribution in [0.15, 0.2) is 78.9 Å².